The van der Waals surface area contributed by atoms with Crippen LogP contribution in [-0.4, -0.2) is 18.5 Å². The summed E-state index contributed by atoms with van der Waals surface area (Å²) in [5, 5.41) is 4.94. The first-order valence-corrected chi connectivity index (χ1v) is 5.85. The van der Waals surface area contributed by atoms with Gasteiger partial charge in [0, 0.05) is 18.6 Å². The Bertz CT molecular complexity index is 314. The Morgan fingerprint density at radius 3 is 2.47 bits per heavy atom. The van der Waals surface area contributed by atoms with Crippen molar-refractivity contribution >= 4 is 52.5 Å². The highest BCUT2D eigenvalue weighted by Crippen LogP contribution is 2.09. The van der Waals surface area contributed by atoms with E-state index in [9.17, 15) is 0 Å². The van der Waals surface area contributed by atoms with Crippen LogP contribution in [0.3, 0.4) is 0 Å². The molecule has 0 fully saturated rings. The molecule has 5 heteroatoms. The van der Waals surface area contributed by atoms with Gasteiger partial charge in [-0.25, -0.2) is 0 Å². The van der Waals surface area contributed by atoms with Crippen LogP contribution >= 0.6 is 47.3 Å². The molecule has 0 heterocycles. The average Bonchev–Trinajstić information content (AvgIpc) is 2.22. The second-order valence-electron chi connectivity index (χ2n) is 2.71. The van der Waals surface area contributed by atoms with Crippen LogP contribution in [0.2, 0.25) is 5.02 Å². The molecule has 0 radical (unpaired) electrons. The number of aliphatic imine (C=N–C) groups is 1. The van der Waals surface area contributed by atoms with E-state index in [2.05, 4.69) is 10.3 Å². The Hall–Kier alpha value is 0.0600. The summed E-state index contributed by atoms with van der Waals surface area (Å²) in [4.78, 5) is 4.08. The molecule has 0 bridgehead atoms. The van der Waals surface area contributed by atoms with E-state index < -0.39 is 0 Å². The smallest absolute Gasteiger partial charge is 0.156 e. The fourth-order valence-electron chi connectivity index (χ4n) is 1.02. The third kappa shape index (κ3) is 5.63. The molecule has 1 aromatic carbocycles. The maximum atomic E-state index is 5.78. The van der Waals surface area contributed by atoms with E-state index in [4.69, 9.17) is 11.6 Å². The second kappa shape index (κ2) is 8.24. The molecule has 15 heavy (non-hydrogen) atoms. The van der Waals surface area contributed by atoms with E-state index in [0.29, 0.717) is 0 Å². The van der Waals surface area contributed by atoms with Gasteiger partial charge in [-0.15, -0.1) is 24.0 Å². The Morgan fingerprint density at radius 1 is 1.40 bits per heavy atom. The zero-order chi connectivity index (χ0) is 10.4. The predicted octanol–water partition coefficient (Wildman–Crippen LogP) is 3.40. The molecule has 0 saturated heterocycles. The molecule has 1 rings (SSSR count). The molecule has 84 valence electrons. The summed E-state index contributed by atoms with van der Waals surface area (Å²) < 4.78 is 0. The molecule has 0 aliphatic heterocycles. The van der Waals surface area contributed by atoms with Crippen molar-refractivity contribution in [3.63, 3.8) is 0 Å². The summed E-state index contributed by atoms with van der Waals surface area (Å²) in [7, 11) is 1.78. The Labute approximate surface area is 117 Å². The zero-order valence-corrected chi connectivity index (χ0v) is 12.6. The van der Waals surface area contributed by atoms with Crippen molar-refractivity contribution in [2.75, 3.05) is 13.3 Å². The van der Waals surface area contributed by atoms with Crippen LogP contribution in [-0.2, 0) is 6.54 Å². The molecule has 2 nitrogen and oxygen atoms in total. The second-order valence-corrected chi connectivity index (χ2v) is 3.94. The number of thioether (sulfide) groups is 1. The minimum absolute atomic E-state index is 0. The normalized spacial score (nSPS) is 10.7. The van der Waals surface area contributed by atoms with E-state index in [-0.39, 0.29) is 24.0 Å². The molecule has 0 aliphatic rings. The van der Waals surface area contributed by atoms with Crippen LogP contribution < -0.4 is 5.32 Å². The molecule has 0 saturated carbocycles. The highest BCUT2D eigenvalue weighted by molar-refractivity contribution is 14.0. The van der Waals surface area contributed by atoms with Crippen LogP contribution in [0, 0.1) is 0 Å². The number of nitrogens with one attached hydrogen (secondary N) is 1. The van der Waals surface area contributed by atoms with E-state index in [1.807, 2.05) is 30.5 Å². The summed E-state index contributed by atoms with van der Waals surface area (Å²) in [5.74, 6) is 0. The van der Waals surface area contributed by atoms with Crippen LogP contribution in [0.1, 0.15) is 5.56 Å². The quantitative estimate of drug-likeness (QED) is 0.499. The molecular weight excluding hydrogens is 343 g/mol. The predicted molar refractivity (Wildman–Crippen MR) is 80.6 cm³/mol. The zero-order valence-electron chi connectivity index (χ0n) is 8.66. The molecule has 0 aliphatic carbocycles. The molecule has 0 spiro atoms. The summed E-state index contributed by atoms with van der Waals surface area (Å²) in [5.41, 5.74) is 1.20. The monoisotopic (exact) mass is 356 g/mol. The van der Waals surface area contributed by atoms with Crippen molar-refractivity contribution in [2.24, 2.45) is 4.99 Å². The van der Waals surface area contributed by atoms with Gasteiger partial charge < -0.3 is 5.32 Å². The van der Waals surface area contributed by atoms with Gasteiger partial charge in [0.25, 0.3) is 0 Å². The van der Waals surface area contributed by atoms with Gasteiger partial charge in [-0.1, -0.05) is 35.5 Å². The molecule has 0 atom stereocenters. The minimum Gasteiger partial charge on any atom is -0.361 e. The first-order valence-electron chi connectivity index (χ1n) is 4.25. The Morgan fingerprint density at radius 2 is 2.00 bits per heavy atom. The summed E-state index contributed by atoms with van der Waals surface area (Å²) >= 11 is 7.39. The number of nitrogens with zero attached hydrogens (tertiary/aromatic N) is 1. The minimum atomic E-state index is 0. The standard InChI is InChI=1S/C10H13ClN2S.HI/c1-12-10(14-2)13-7-8-3-5-9(11)6-4-8;/h3-6H,7H2,1-2H3,(H,12,13);1H. The highest BCUT2D eigenvalue weighted by atomic mass is 127. The van der Waals surface area contributed by atoms with Crippen molar-refractivity contribution < 1.29 is 0 Å². The van der Waals surface area contributed by atoms with E-state index in [1.165, 1.54) is 5.56 Å². The van der Waals surface area contributed by atoms with E-state index in [0.717, 1.165) is 16.7 Å². The van der Waals surface area contributed by atoms with Crippen molar-refractivity contribution in [2.45, 2.75) is 6.54 Å². The van der Waals surface area contributed by atoms with Gasteiger partial charge >= 0.3 is 0 Å². The summed E-state index contributed by atoms with van der Waals surface area (Å²) in [6, 6.07) is 7.78. The number of hydrogen-bond acceptors (Lipinski definition) is 2. The Kier molecular flexibility index (Phi) is 8.27. The van der Waals surface area contributed by atoms with Crippen LogP contribution in [0.25, 0.3) is 0 Å². The van der Waals surface area contributed by atoms with Crippen molar-refractivity contribution in [3.8, 4) is 0 Å². The Balaban J connectivity index is 0.00000196. The van der Waals surface area contributed by atoms with Gasteiger partial charge in [-0.2, -0.15) is 0 Å². The first-order chi connectivity index (χ1) is 6.76. The topological polar surface area (TPSA) is 24.4 Å². The molecule has 0 unspecified atom stereocenters. The lowest BCUT2D eigenvalue weighted by Gasteiger charge is -2.06. The third-order valence-electron chi connectivity index (χ3n) is 1.75. The van der Waals surface area contributed by atoms with Crippen LogP contribution in [0.5, 0.6) is 0 Å². The molecular formula is C10H14ClIN2S. The lowest BCUT2D eigenvalue weighted by molar-refractivity contribution is 0.925. The van der Waals surface area contributed by atoms with Gasteiger partial charge in [-0.05, 0) is 24.0 Å². The first kappa shape index (κ1) is 15.1. The maximum absolute atomic E-state index is 5.78. The van der Waals surface area contributed by atoms with Crippen LogP contribution in [0.4, 0.5) is 0 Å². The summed E-state index contributed by atoms with van der Waals surface area (Å²) in [6.07, 6.45) is 2.00. The van der Waals surface area contributed by atoms with E-state index >= 15 is 0 Å². The van der Waals surface area contributed by atoms with Gasteiger partial charge in [0.15, 0.2) is 5.17 Å². The van der Waals surface area contributed by atoms with Gasteiger partial charge in [0.2, 0.25) is 0 Å². The third-order valence-corrected chi connectivity index (χ3v) is 2.72. The van der Waals surface area contributed by atoms with Crippen molar-refractivity contribution in [3.05, 3.63) is 34.9 Å². The van der Waals surface area contributed by atoms with Gasteiger partial charge in [0.05, 0.1) is 0 Å². The van der Waals surface area contributed by atoms with Gasteiger partial charge in [-0.3, -0.25) is 4.99 Å². The summed E-state index contributed by atoms with van der Waals surface area (Å²) in [6.45, 7) is 0.782. The molecule has 1 aromatic rings. The lowest BCUT2D eigenvalue weighted by Crippen LogP contribution is -2.19. The van der Waals surface area contributed by atoms with Gasteiger partial charge in [0.1, 0.15) is 0 Å². The van der Waals surface area contributed by atoms with Crippen molar-refractivity contribution in [1.29, 1.82) is 0 Å². The number of benzene rings is 1. The molecule has 1 N–H and O–H groups in total. The van der Waals surface area contributed by atoms with Crippen LogP contribution in [0.15, 0.2) is 29.3 Å². The number of hydrogen-bond donors (Lipinski definition) is 1. The average molecular weight is 357 g/mol. The number of rotatable bonds is 2. The largest absolute Gasteiger partial charge is 0.361 e. The fourth-order valence-corrected chi connectivity index (χ4v) is 1.55. The maximum Gasteiger partial charge on any atom is 0.156 e. The fraction of sp³-hybridized carbons (Fsp3) is 0.300. The van der Waals surface area contributed by atoms with Crippen molar-refractivity contribution in [1.82, 2.24) is 5.32 Å². The lowest BCUT2D eigenvalue weighted by atomic mass is 10.2. The number of halogens is 2. The van der Waals surface area contributed by atoms with E-state index in [1.54, 1.807) is 18.8 Å². The molecule has 0 amide bonds. The highest BCUT2D eigenvalue weighted by Gasteiger charge is 1.95. The number of amidine groups is 1. The molecule has 0 aromatic heterocycles. The SMILES string of the molecule is CN=C(NCc1ccc(Cl)cc1)SC.I.